The van der Waals surface area contributed by atoms with Crippen molar-refractivity contribution < 1.29 is 4.79 Å². The van der Waals surface area contributed by atoms with Crippen LogP contribution in [0, 0.1) is 0 Å². The van der Waals surface area contributed by atoms with Crippen LogP contribution < -0.4 is 0 Å². The van der Waals surface area contributed by atoms with Gasteiger partial charge in [-0.2, -0.15) is 0 Å². The van der Waals surface area contributed by atoms with E-state index in [2.05, 4.69) is 21.7 Å². The number of allylic oxidation sites excluding steroid dienone is 1. The van der Waals surface area contributed by atoms with E-state index >= 15 is 0 Å². The first-order valence-corrected chi connectivity index (χ1v) is 3.84. The Balaban J connectivity index is 2.58. The Morgan fingerprint density at radius 1 is 1.54 bits per heavy atom. The molecule has 13 heavy (non-hydrogen) atoms. The van der Waals surface area contributed by atoms with Gasteiger partial charge in [0, 0.05) is 12.0 Å². The summed E-state index contributed by atoms with van der Waals surface area (Å²) in [6, 6.07) is 0. The van der Waals surface area contributed by atoms with Crippen molar-refractivity contribution in [2.24, 2.45) is 4.99 Å². The monoisotopic (exact) mass is 173 g/mol. The molecule has 4 heteroatoms. The standard InChI is InChI=1S/C9H7N3O/c1-10-9(13)8-6-3-2-4-7(6)11-5-12-8/h2-3,5H,1,4H2. The Labute approximate surface area is 75.1 Å². The highest BCUT2D eigenvalue weighted by Gasteiger charge is 2.16. The van der Waals surface area contributed by atoms with Crippen LogP contribution in [0.1, 0.15) is 21.7 Å². The molecule has 2 rings (SSSR count). The third kappa shape index (κ3) is 1.16. The number of rotatable bonds is 1. The molecule has 1 aliphatic rings. The maximum atomic E-state index is 11.2. The number of aliphatic imine (C=N–C) groups is 1. The molecule has 1 aromatic heterocycles. The number of nitrogens with zero attached hydrogens (tertiary/aromatic N) is 3. The minimum atomic E-state index is -0.398. The summed E-state index contributed by atoms with van der Waals surface area (Å²) >= 11 is 0. The average molecular weight is 173 g/mol. The minimum Gasteiger partial charge on any atom is -0.265 e. The molecule has 64 valence electrons. The van der Waals surface area contributed by atoms with Gasteiger partial charge >= 0.3 is 0 Å². The summed E-state index contributed by atoms with van der Waals surface area (Å²) in [5.41, 5.74) is 2.00. The molecule has 0 N–H and O–H groups in total. The number of hydrogen-bond donors (Lipinski definition) is 0. The van der Waals surface area contributed by atoms with Gasteiger partial charge in [-0.15, -0.1) is 0 Å². The van der Waals surface area contributed by atoms with Gasteiger partial charge < -0.3 is 0 Å². The van der Waals surface area contributed by atoms with Gasteiger partial charge in [-0.1, -0.05) is 12.2 Å². The van der Waals surface area contributed by atoms with E-state index in [1.165, 1.54) is 6.33 Å². The maximum Gasteiger partial charge on any atom is 0.295 e. The second-order valence-corrected chi connectivity index (χ2v) is 2.65. The quantitative estimate of drug-likeness (QED) is 0.592. The molecule has 0 saturated carbocycles. The van der Waals surface area contributed by atoms with Crippen LogP contribution in [0.3, 0.4) is 0 Å². The van der Waals surface area contributed by atoms with E-state index in [9.17, 15) is 4.79 Å². The molecule has 0 spiro atoms. The molecule has 0 saturated heterocycles. The predicted octanol–water partition coefficient (Wildman–Crippen LogP) is 0.887. The van der Waals surface area contributed by atoms with Crippen LogP contribution >= 0.6 is 0 Å². The second-order valence-electron chi connectivity index (χ2n) is 2.65. The van der Waals surface area contributed by atoms with E-state index < -0.39 is 5.91 Å². The van der Waals surface area contributed by atoms with Crippen molar-refractivity contribution in [3.63, 3.8) is 0 Å². The summed E-state index contributed by atoms with van der Waals surface area (Å²) < 4.78 is 0. The lowest BCUT2D eigenvalue weighted by molar-refractivity contribution is 0.0998. The highest BCUT2D eigenvalue weighted by Crippen LogP contribution is 2.19. The van der Waals surface area contributed by atoms with Crippen LogP contribution in [-0.2, 0) is 6.42 Å². The molecule has 0 fully saturated rings. The van der Waals surface area contributed by atoms with Crippen molar-refractivity contribution in [2.45, 2.75) is 6.42 Å². The van der Waals surface area contributed by atoms with E-state index in [1.54, 1.807) is 0 Å². The number of amides is 1. The fourth-order valence-corrected chi connectivity index (χ4v) is 1.30. The van der Waals surface area contributed by atoms with E-state index in [-0.39, 0.29) is 0 Å². The topological polar surface area (TPSA) is 55.2 Å². The maximum absolute atomic E-state index is 11.2. The first kappa shape index (κ1) is 7.79. The molecule has 0 atom stereocenters. The summed E-state index contributed by atoms with van der Waals surface area (Å²) in [4.78, 5) is 22.5. The van der Waals surface area contributed by atoms with Crippen molar-refractivity contribution in [3.05, 3.63) is 29.4 Å². The fraction of sp³-hybridized carbons (Fsp3) is 0.111. The number of carbonyl (C=O) groups is 1. The smallest absolute Gasteiger partial charge is 0.265 e. The molecule has 0 aliphatic heterocycles. The van der Waals surface area contributed by atoms with Crippen LogP contribution in [0.4, 0.5) is 0 Å². The Kier molecular flexibility index (Phi) is 1.73. The van der Waals surface area contributed by atoms with Gasteiger partial charge in [-0.05, 0) is 6.72 Å². The zero-order chi connectivity index (χ0) is 9.26. The van der Waals surface area contributed by atoms with Gasteiger partial charge in [-0.25, -0.2) is 15.0 Å². The molecule has 0 radical (unpaired) electrons. The molecule has 4 nitrogen and oxygen atoms in total. The summed E-state index contributed by atoms with van der Waals surface area (Å²) in [7, 11) is 0. The molecule has 1 aliphatic carbocycles. The van der Waals surface area contributed by atoms with Crippen LogP contribution in [0.2, 0.25) is 0 Å². The van der Waals surface area contributed by atoms with Gasteiger partial charge in [0.05, 0.1) is 5.69 Å². The van der Waals surface area contributed by atoms with Gasteiger partial charge in [0.1, 0.15) is 12.0 Å². The van der Waals surface area contributed by atoms with E-state index in [1.807, 2.05) is 12.2 Å². The normalized spacial score (nSPS) is 12.6. The molecular formula is C9H7N3O. The lowest BCUT2D eigenvalue weighted by Gasteiger charge is -2.00. The van der Waals surface area contributed by atoms with Crippen molar-refractivity contribution in [1.29, 1.82) is 0 Å². The number of aromatic nitrogens is 2. The first-order valence-electron chi connectivity index (χ1n) is 3.84. The van der Waals surface area contributed by atoms with Gasteiger partial charge in [0.15, 0.2) is 0 Å². The van der Waals surface area contributed by atoms with Crippen LogP contribution in [0.25, 0.3) is 6.08 Å². The van der Waals surface area contributed by atoms with Crippen LogP contribution in [0.5, 0.6) is 0 Å². The minimum absolute atomic E-state index is 0.341. The first-order chi connectivity index (χ1) is 6.33. The van der Waals surface area contributed by atoms with Gasteiger partial charge in [0.2, 0.25) is 0 Å². The summed E-state index contributed by atoms with van der Waals surface area (Å²) in [5.74, 6) is -0.398. The van der Waals surface area contributed by atoms with E-state index in [0.717, 1.165) is 17.7 Å². The summed E-state index contributed by atoms with van der Waals surface area (Å²) in [6.45, 7) is 3.18. The molecule has 1 amide bonds. The molecule has 1 heterocycles. The Morgan fingerprint density at radius 3 is 3.15 bits per heavy atom. The van der Waals surface area contributed by atoms with Crippen molar-refractivity contribution in [3.8, 4) is 0 Å². The van der Waals surface area contributed by atoms with Gasteiger partial charge in [0.25, 0.3) is 5.91 Å². The Morgan fingerprint density at radius 2 is 2.38 bits per heavy atom. The average Bonchev–Trinajstić information content (AvgIpc) is 2.63. The molecule has 0 aromatic carbocycles. The number of fused-ring (bicyclic) bond motifs is 1. The highest BCUT2D eigenvalue weighted by atomic mass is 16.1. The largest absolute Gasteiger partial charge is 0.295 e. The molecular weight excluding hydrogens is 166 g/mol. The van der Waals surface area contributed by atoms with E-state index in [4.69, 9.17) is 0 Å². The van der Waals surface area contributed by atoms with Gasteiger partial charge in [-0.3, -0.25) is 4.79 Å². The van der Waals surface area contributed by atoms with Crippen LogP contribution in [-0.4, -0.2) is 22.6 Å². The summed E-state index contributed by atoms with van der Waals surface area (Å²) in [6.07, 6.45) is 5.92. The third-order valence-electron chi connectivity index (χ3n) is 1.91. The zero-order valence-corrected chi connectivity index (χ0v) is 6.90. The van der Waals surface area contributed by atoms with Crippen molar-refractivity contribution in [1.82, 2.24) is 9.97 Å². The molecule has 0 bridgehead atoms. The molecule has 1 aromatic rings. The fourth-order valence-electron chi connectivity index (χ4n) is 1.30. The predicted molar refractivity (Wildman–Crippen MR) is 48.6 cm³/mol. The lowest BCUT2D eigenvalue weighted by atomic mass is 10.2. The SMILES string of the molecule is C=NC(=O)c1ncnc2c1C=CC2. The van der Waals surface area contributed by atoms with Crippen LogP contribution in [0.15, 0.2) is 17.4 Å². The van der Waals surface area contributed by atoms with Crippen molar-refractivity contribution >= 4 is 18.7 Å². The number of carbonyl (C=O) groups excluding carboxylic acids is 1. The summed E-state index contributed by atoms with van der Waals surface area (Å²) in [5, 5.41) is 0. The third-order valence-corrected chi connectivity index (χ3v) is 1.91. The van der Waals surface area contributed by atoms with Crippen molar-refractivity contribution in [2.75, 3.05) is 0 Å². The lowest BCUT2D eigenvalue weighted by Crippen LogP contribution is -2.04. The highest BCUT2D eigenvalue weighted by molar-refractivity contribution is 5.98. The Bertz CT molecular complexity index is 409. The molecule has 0 unspecified atom stereocenters. The second kappa shape index (κ2) is 2.90. The van der Waals surface area contributed by atoms with E-state index in [0.29, 0.717) is 5.69 Å². The zero-order valence-electron chi connectivity index (χ0n) is 6.90. The number of hydrogen-bond acceptors (Lipinski definition) is 3. The Hall–Kier alpha value is -1.84.